The molecule has 0 aliphatic carbocycles. The van der Waals surface area contributed by atoms with Gasteiger partial charge in [0.2, 0.25) is 0 Å². The minimum atomic E-state index is -1.24. The van der Waals surface area contributed by atoms with Crippen LogP contribution in [0, 0.1) is 5.41 Å². The Balaban J connectivity index is 2.33. The Bertz CT molecular complexity index is 709. The first-order valence-corrected chi connectivity index (χ1v) is 9.19. The van der Waals surface area contributed by atoms with Crippen molar-refractivity contribution in [3.05, 3.63) is 23.5 Å². The van der Waals surface area contributed by atoms with Gasteiger partial charge in [-0.1, -0.05) is 32.4 Å². The van der Waals surface area contributed by atoms with Gasteiger partial charge in [0.05, 0.1) is 18.5 Å². The average Bonchev–Trinajstić information content (AvgIpc) is 2.87. The van der Waals surface area contributed by atoms with Crippen LogP contribution in [0.1, 0.15) is 48.5 Å². The number of carbonyl (C=O) groups excluding carboxylic acids is 2. The number of nitrogens with zero attached hydrogens (tertiary/aromatic N) is 2. The minimum Gasteiger partial charge on any atom is -0.444 e. The van der Waals surface area contributed by atoms with E-state index >= 15 is 0 Å². The van der Waals surface area contributed by atoms with Crippen LogP contribution >= 0.6 is 11.6 Å². The molecule has 2 amide bonds. The third-order valence-corrected chi connectivity index (χ3v) is 4.32. The van der Waals surface area contributed by atoms with E-state index in [1.165, 1.54) is 11.1 Å². The summed E-state index contributed by atoms with van der Waals surface area (Å²) in [6.07, 6.45) is 0.261. The van der Waals surface area contributed by atoms with Crippen molar-refractivity contribution < 1.29 is 19.1 Å². The number of nitrogens with one attached hydrogen (secondary N) is 1. The maximum absolute atomic E-state index is 13.1. The number of halogens is 1. The van der Waals surface area contributed by atoms with E-state index in [4.69, 9.17) is 21.1 Å². The number of pyridine rings is 1. The molecule has 1 aromatic heterocycles. The third kappa shape index (κ3) is 4.90. The predicted molar refractivity (Wildman–Crippen MR) is 104 cm³/mol. The number of rotatable bonds is 2. The summed E-state index contributed by atoms with van der Waals surface area (Å²) in [4.78, 5) is 31.4. The molecular weight excluding hydrogens is 370 g/mol. The van der Waals surface area contributed by atoms with E-state index in [2.05, 4.69) is 10.3 Å². The van der Waals surface area contributed by atoms with Gasteiger partial charge < -0.3 is 14.8 Å². The molecule has 150 valence electrons. The maximum atomic E-state index is 13.1. The van der Waals surface area contributed by atoms with Crippen LogP contribution in [0.3, 0.4) is 0 Å². The van der Waals surface area contributed by atoms with Crippen LogP contribution in [0.15, 0.2) is 18.3 Å². The zero-order valence-corrected chi connectivity index (χ0v) is 17.7. The third-order valence-electron chi connectivity index (χ3n) is 4.09. The van der Waals surface area contributed by atoms with Gasteiger partial charge in [-0.15, -0.1) is 0 Å². The molecule has 7 nitrogen and oxygen atoms in total. The predicted octanol–water partition coefficient (Wildman–Crippen LogP) is 4.07. The number of carbonyl (C=O) groups is 2. The number of amides is 2. The van der Waals surface area contributed by atoms with Gasteiger partial charge in [0, 0.05) is 5.41 Å². The second kappa shape index (κ2) is 7.28. The number of ether oxygens (including phenoxy) is 2. The Morgan fingerprint density at radius 3 is 2.41 bits per heavy atom. The zero-order valence-electron chi connectivity index (χ0n) is 16.9. The summed E-state index contributed by atoms with van der Waals surface area (Å²) in [7, 11) is 0. The molecular formula is C19H28ClN3O4. The molecule has 1 N–H and O–H groups in total. The van der Waals surface area contributed by atoms with Gasteiger partial charge in [-0.2, -0.15) is 0 Å². The largest absolute Gasteiger partial charge is 0.444 e. The molecule has 1 aromatic rings. The van der Waals surface area contributed by atoms with Crippen LogP contribution in [0.4, 0.5) is 10.5 Å². The molecule has 27 heavy (non-hydrogen) atoms. The number of anilines is 1. The van der Waals surface area contributed by atoms with Crippen molar-refractivity contribution in [1.82, 2.24) is 9.88 Å². The quantitative estimate of drug-likeness (QED) is 0.760. The van der Waals surface area contributed by atoms with E-state index in [1.807, 2.05) is 20.8 Å². The topological polar surface area (TPSA) is 80.8 Å². The summed E-state index contributed by atoms with van der Waals surface area (Å²) in [5, 5.41) is 3.11. The lowest BCUT2D eigenvalue weighted by Gasteiger charge is -2.40. The Labute approximate surface area is 165 Å². The highest BCUT2D eigenvalue weighted by Gasteiger charge is 2.56. The van der Waals surface area contributed by atoms with E-state index < -0.39 is 28.9 Å². The summed E-state index contributed by atoms with van der Waals surface area (Å²) in [6, 6.07) is 3.22. The van der Waals surface area contributed by atoms with E-state index in [9.17, 15) is 9.59 Å². The second-order valence-corrected chi connectivity index (χ2v) is 9.36. The number of hydrogen-bond acceptors (Lipinski definition) is 5. The van der Waals surface area contributed by atoms with Crippen LogP contribution in [-0.2, 0) is 14.3 Å². The molecule has 0 unspecified atom stereocenters. The van der Waals surface area contributed by atoms with Gasteiger partial charge in [0.25, 0.3) is 5.91 Å². The van der Waals surface area contributed by atoms with Crippen LogP contribution in [0.5, 0.6) is 0 Å². The fraction of sp³-hybridized carbons (Fsp3) is 0.632. The second-order valence-electron chi connectivity index (χ2n) is 8.98. The van der Waals surface area contributed by atoms with Gasteiger partial charge in [0.15, 0.2) is 0 Å². The smallest absolute Gasteiger partial charge is 0.413 e. The van der Waals surface area contributed by atoms with Crippen molar-refractivity contribution in [2.24, 2.45) is 5.41 Å². The van der Waals surface area contributed by atoms with Crippen molar-refractivity contribution in [1.29, 1.82) is 0 Å². The van der Waals surface area contributed by atoms with Gasteiger partial charge in [0.1, 0.15) is 22.5 Å². The maximum Gasteiger partial charge on any atom is 0.413 e. The molecule has 0 aromatic carbocycles. The molecule has 2 heterocycles. The Morgan fingerprint density at radius 2 is 1.93 bits per heavy atom. The molecule has 1 saturated heterocycles. The normalized spacial score (nSPS) is 23.3. The molecule has 1 aliphatic rings. The molecule has 0 radical (unpaired) electrons. The van der Waals surface area contributed by atoms with Gasteiger partial charge >= 0.3 is 6.09 Å². The summed E-state index contributed by atoms with van der Waals surface area (Å²) in [5.41, 5.74) is -1.86. The van der Waals surface area contributed by atoms with Crippen molar-refractivity contribution in [3.8, 4) is 0 Å². The SMILES string of the molecule is CC(C)(C)OC(=O)N1[C@@H](C(C)(C)C)OC[C@@]1(C)C(=O)Nc1ccc(Cl)nc1. The summed E-state index contributed by atoms with van der Waals surface area (Å²) >= 11 is 5.78. The van der Waals surface area contributed by atoms with E-state index in [0.29, 0.717) is 10.8 Å². The highest BCUT2D eigenvalue weighted by atomic mass is 35.5. The van der Waals surface area contributed by atoms with Crippen molar-refractivity contribution in [3.63, 3.8) is 0 Å². The highest BCUT2D eigenvalue weighted by molar-refractivity contribution is 6.29. The molecule has 1 fully saturated rings. The van der Waals surface area contributed by atoms with E-state index in [-0.39, 0.29) is 12.5 Å². The Hall–Kier alpha value is -1.86. The molecule has 0 spiro atoms. The van der Waals surface area contributed by atoms with Gasteiger partial charge in [-0.25, -0.2) is 9.78 Å². The highest BCUT2D eigenvalue weighted by Crippen LogP contribution is 2.38. The fourth-order valence-corrected chi connectivity index (χ4v) is 2.89. The molecule has 2 atom stereocenters. The average molecular weight is 398 g/mol. The minimum absolute atomic E-state index is 0.0566. The van der Waals surface area contributed by atoms with Gasteiger partial charge in [-0.3, -0.25) is 9.69 Å². The standard InChI is InChI=1S/C19H28ClN3O4/c1-17(2,3)15-23(16(25)27-18(4,5)6)19(7,11-26-15)14(24)22-12-8-9-13(20)21-10-12/h8-10,15H,11H2,1-7H3,(H,22,24)/t15-,19+/m1/s1. The summed E-state index contributed by atoms with van der Waals surface area (Å²) in [6.45, 7) is 12.9. The van der Waals surface area contributed by atoms with Crippen molar-refractivity contribution >= 4 is 29.3 Å². The molecule has 0 saturated carbocycles. The number of hydrogen-bond donors (Lipinski definition) is 1. The Kier molecular flexibility index (Phi) is 5.78. The number of aromatic nitrogens is 1. The first-order chi connectivity index (χ1) is 12.2. The van der Waals surface area contributed by atoms with Gasteiger partial charge in [-0.05, 0) is 39.8 Å². The summed E-state index contributed by atoms with van der Waals surface area (Å²) in [5.74, 6) is -0.385. The monoisotopic (exact) mass is 397 g/mol. The molecule has 0 bridgehead atoms. The molecule has 2 rings (SSSR count). The lowest BCUT2D eigenvalue weighted by Crippen LogP contribution is -2.59. The van der Waals surface area contributed by atoms with Crippen LogP contribution < -0.4 is 5.32 Å². The Morgan fingerprint density at radius 1 is 1.30 bits per heavy atom. The first-order valence-electron chi connectivity index (χ1n) is 8.81. The van der Waals surface area contributed by atoms with E-state index in [0.717, 1.165) is 0 Å². The van der Waals surface area contributed by atoms with Crippen molar-refractivity contribution in [2.75, 3.05) is 11.9 Å². The van der Waals surface area contributed by atoms with Crippen LogP contribution in [0.2, 0.25) is 5.15 Å². The molecule has 8 heteroatoms. The van der Waals surface area contributed by atoms with Crippen LogP contribution in [0.25, 0.3) is 0 Å². The van der Waals surface area contributed by atoms with Crippen molar-refractivity contribution in [2.45, 2.75) is 65.8 Å². The zero-order chi connectivity index (χ0) is 20.6. The fourth-order valence-electron chi connectivity index (χ4n) is 2.78. The lowest BCUT2D eigenvalue weighted by molar-refractivity contribution is -0.126. The lowest BCUT2D eigenvalue weighted by atomic mass is 9.91. The van der Waals surface area contributed by atoms with Crippen LogP contribution in [-0.4, -0.2) is 45.9 Å². The first kappa shape index (κ1) is 21.4. The summed E-state index contributed by atoms with van der Waals surface area (Å²) < 4.78 is 11.4. The van der Waals surface area contributed by atoms with E-state index in [1.54, 1.807) is 39.8 Å². The molecule has 1 aliphatic heterocycles.